The standard InChI is InChI=1S/C54H30/c1-3-9-35-31(7-1)17-21-41-37-11-5-12-38(42(37)26-25-40(35)41)44-27-29-49-50-30-28-45(48-24-20-34-19-23-47(44)53(49)52(34)54(48)50)39-13-6-14-46-43(39)22-18-33-16-15-32-8-2-4-10-36(32)51(33)46/h1-30H. The Hall–Kier alpha value is -7.02. The average molecular weight is 679 g/mol. The summed E-state index contributed by atoms with van der Waals surface area (Å²) in [6.07, 6.45) is 0. The topological polar surface area (TPSA) is 0 Å². The molecule has 0 nitrogen and oxygen atoms in total. The first-order valence-corrected chi connectivity index (χ1v) is 18.9. The van der Waals surface area contributed by atoms with E-state index in [0.29, 0.717) is 0 Å². The molecule has 1 aliphatic carbocycles. The molecule has 0 aromatic heterocycles. The SMILES string of the molecule is c1ccc2c(c1)ccc1c3cccc(-c4ccc5c6c4ccc4ccc7c(-c8cccc9c8ccc8ccc%10ccccc%10c89)ccc-5c7c46)c3ccc21. The first-order chi connectivity index (χ1) is 26.8. The molecule has 13 rings (SSSR count). The van der Waals surface area contributed by atoms with Gasteiger partial charge < -0.3 is 0 Å². The highest BCUT2D eigenvalue weighted by Gasteiger charge is 2.24. The predicted octanol–water partition coefficient (Wildman–Crippen LogP) is 15.4. The first kappa shape index (κ1) is 28.6. The van der Waals surface area contributed by atoms with Crippen LogP contribution in [0.25, 0.3) is 130 Å². The minimum Gasteiger partial charge on any atom is -0.0616 e. The quantitative estimate of drug-likeness (QED) is 0.160. The van der Waals surface area contributed by atoms with E-state index >= 15 is 0 Å². The van der Waals surface area contributed by atoms with Crippen molar-refractivity contribution < 1.29 is 0 Å². The summed E-state index contributed by atoms with van der Waals surface area (Å²) in [5.41, 5.74) is 7.83. The summed E-state index contributed by atoms with van der Waals surface area (Å²) in [4.78, 5) is 0. The van der Waals surface area contributed by atoms with E-state index in [0.717, 1.165) is 0 Å². The summed E-state index contributed by atoms with van der Waals surface area (Å²) in [7, 11) is 0. The monoisotopic (exact) mass is 678 g/mol. The molecule has 0 radical (unpaired) electrons. The zero-order valence-corrected chi connectivity index (χ0v) is 29.3. The van der Waals surface area contributed by atoms with E-state index < -0.39 is 0 Å². The normalized spacial score (nSPS) is 12.4. The molecule has 0 saturated heterocycles. The van der Waals surface area contributed by atoms with Gasteiger partial charge in [-0.2, -0.15) is 0 Å². The van der Waals surface area contributed by atoms with Crippen molar-refractivity contribution in [2.45, 2.75) is 0 Å². The third-order valence-electron chi connectivity index (χ3n) is 12.6. The number of hydrogen-bond acceptors (Lipinski definition) is 0. The van der Waals surface area contributed by atoms with Crippen LogP contribution in [0, 0.1) is 0 Å². The van der Waals surface area contributed by atoms with Crippen LogP contribution in [0.1, 0.15) is 0 Å². The van der Waals surface area contributed by atoms with Crippen molar-refractivity contribution in [3.8, 4) is 33.4 Å². The maximum atomic E-state index is 2.38. The van der Waals surface area contributed by atoms with Gasteiger partial charge in [0.15, 0.2) is 0 Å². The summed E-state index contributed by atoms with van der Waals surface area (Å²) in [6, 6.07) is 68.5. The van der Waals surface area contributed by atoms with Gasteiger partial charge in [0.2, 0.25) is 0 Å². The maximum Gasteiger partial charge on any atom is -0.00139 e. The molecule has 246 valence electrons. The van der Waals surface area contributed by atoms with E-state index in [9.17, 15) is 0 Å². The van der Waals surface area contributed by atoms with E-state index in [1.165, 1.54) is 130 Å². The van der Waals surface area contributed by atoms with Gasteiger partial charge in [0.05, 0.1) is 0 Å². The van der Waals surface area contributed by atoms with Crippen LogP contribution >= 0.6 is 0 Å². The zero-order chi connectivity index (χ0) is 35.1. The van der Waals surface area contributed by atoms with Gasteiger partial charge in [0.1, 0.15) is 0 Å². The Bertz CT molecular complexity index is 3660. The van der Waals surface area contributed by atoms with Crippen molar-refractivity contribution in [3.05, 3.63) is 182 Å². The maximum absolute atomic E-state index is 2.38. The lowest BCUT2D eigenvalue weighted by Gasteiger charge is -2.14. The van der Waals surface area contributed by atoms with Crippen LogP contribution in [0.3, 0.4) is 0 Å². The van der Waals surface area contributed by atoms with Crippen LogP contribution in [0.5, 0.6) is 0 Å². The number of hydrogen-bond donors (Lipinski definition) is 0. The van der Waals surface area contributed by atoms with Crippen LogP contribution in [-0.4, -0.2) is 0 Å². The molecule has 0 atom stereocenters. The van der Waals surface area contributed by atoms with E-state index in [4.69, 9.17) is 0 Å². The molecule has 12 aromatic rings. The highest BCUT2D eigenvalue weighted by Crippen LogP contribution is 2.52. The van der Waals surface area contributed by atoms with Crippen LogP contribution in [0.4, 0.5) is 0 Å². The molecule has 0 spiro atoms. The first-order valence-electron chi connectivity index (χ1n) is 18.9. The van der Waals surface area contributed by atoms with Gasteiger partial charge in [-0.15, -0.1) is 0 Å². The van der Waals surface area contributed by atoms with Crippen molar-refractivity contribution in [3.63, 3.8) is 0 Å². The van der Waals surface area contributed by atoms with Gasteiger partial charge in [-0.25, -0.2) is 0 Å². The molecule has 0 fully saturated rings. The molecule has 0 bridgehead atoms. The Morgan fingerprint density at radius 3 is 1.26 bits per heavy atom. The molecule has 0 heterocycles. The smallest absolute Gasteiger partial charge is 0.00139 e. The molecular formula is C54H30. The van der Waals surface area contributed by atoms with Gasteiger partial charge in [-0.1, -0.05) is 182 Å². The lowest BCUT2D eigenvalue weighted by atomic mass is 9.89. The van der Waals surface area contributed by atoms with E-state index in [1.54, 1.807) is 0 Å². The van der Waals surface area contributed by atoms with Gasteiger partial charge in [-0.05, 0) is 130 Å². The lowest BCUT2D eigenvalue weighted by Crippen LogP contribution is -1.87. The van der Waals surface area contributed by atoms with Gasteiger partial charge in [-0.3, -0.25) is 0 Å². The molecule has 0 heteroatoms. The highest BCUT2D eigenvalue weighted by atomic mass is 14.3. The fraction of sp³-hybridized carbons (Fsp3) is 0. The van der Waals surface area contributed by atoms with Crippen molar-refractivity contribution in [1.82, 2.24) is 0 Å². The minimum absolute atomic E-state index is 1.28. The van der Waals surface area contributed by atoms with Crippen molar-refractivity contribution in [1.29, 1.82) is 0 Å². The number of rotatable bonds is 2. The average Bonchev–Trinajstić information content (AvgIpc) is 3.58. The van der Waals surface area contributed by atoms with E-state index in [-0.39, 0.29) is 0 Å². The number of fused-ring (bicyclic) bond motifs is 11. The molecule has 0 amide bonds. The van der Waals surface area contributed by atoms with Crippen LogP contribution in [-0.2, 0) is 0 Å². The lowest BCUT2D eigenvalue weighted by molar-refractivity contribution is 1.70. The fourth-order valence-electron chi connectivity index (χ4n) is 10.2. The van der Waals surface area contributed by atoms with Crippen molar-refractivity contribution in [2.24, 2.45) is 0 Å². The molecule has 12 aromatic carbocycles. The summed E-state index contributed by atoms with van der Waals surface area (Å²) in [5.74, 6) is 0. The summed E-state index contributed by atoms with van der Waals surface area (Å²) >= 11 is 0. The predicted molar refractivity (Wildman–Crippen MR) is 234 cm³/mol. The largest absolute Gasteiger partial charge is 0.0616 e. The van der Waals surface area contributed by atoms with Gasteiger partial charge in [0, 0.05) is 0 Å². The molecule has 0 saturated carbocycles. The Morgan fingerprint density at radius 1 is 0.148 bits per heavy atom. The third kappa shape index (κ3) is 3.62. The highest BCUT2D eigenvalue weighted by molar-refractivity contribution is 6.36. The van der Waals surface area contributed by atoms with Gasteiger partial charge >= 0.3 is 0 Å². The second-order valence-electron chi connectivity index (χ2n) is 15.1. The molecule has 54 heavy (non-hydrogen) atoms. The van der Waals surface area contributed by atoms with E-state index in [2.05, 4.69) is 182 Å². The summed E-state index contributed by atoms with van der Waals surface area (Å²) in [6.45, 7) is 0. The van der Waals surface area contributed by atoms with Crippen molar-refractivity contribution >= 4 is 97.0 Å². The molecule has 0 unspecified atom stereocenters. The second-order valence-corrected chi connectivity index (χ2v) is 15.1. The Morgan fingerprint density at radius 2 is 0.537 bits per heavy atom. The number of benzene rings is 12. The zero-order valence-electron chi connectivity index (χ0n) is 29.3. The van der Waals surface area contributed by atoms with Crippen LogP contribution in [0.15, 0.2) is 182 Å². The van der Waals surface area contributed by atoms with Crippen LogP contribution in [0.2, 0.25) is 0 Å². The van der Waals surface area contributed by atoms with Gasteiger partial charge in [0.25, 0.3) is 0 Å². The molecule has 0 N–H and O–H groups in total. The van der Waals surface area contributed by atoms with Crippen LogP contribution < -0.4 is 0 Å². The Labute approximate surface area is 311 Å². The van der Waals surface area contributed by atoms with E-state index in [1.807, 2.05) is 0 Å². The molecule has 1 aliphatic rings. The Balaban J connectivity index is 1.06. The molecule has 0 aliphatic heterocycles. The third-order valence-corrected chi connectivity index (χ3v) is 12.6. The summed E-state index contributed by atoms with van der Waals surface area (Å²) in [5, 5.41) is 23.7. The van der Waals surface area contributed by atoms with Crippen molar-refractivity contribution in [2.75, 3.05) is 0 Å². The Kier molecular flexibility index (Phi) is 5.45. The minimum atomic E-state index is 1.28. The fourth-order valence-corrected chi connectivity index (χ4v) is 10.2. The summed E-state index contributed by atoms with van der Waals surface area (Å²) < 4.78 is 0. The second kappa shape index (κ2) is 10.3. The molecular weight excluding hydrogens is 649 g/mol.